The second-order valence-electron chi connectivity index (χ2n) is 4.29. The minimum atomic E-state index is 0.584. The van der Waals surface area contributed by atoms with Crippen molar-refractivity contribution >= 4 is 33.0 Å². The van der Waals surface area contributed by atoms with E-state index < -0.39 is 0 Å². The minimum absolute atomic E-state index is 0.584. The van der Waals surface area contributed by atoms with Crippen LogP contribution >= 0.6 is 27.3 Å². The summed E-state index contributed by atoms with van der Waals surface area (Å²) in [6, 6.07) is 5.89. The molecule has 0 radical (unpaired) electrons. The van der Waals surface area contributed by atoms with E-state index in [2.05, 4.69) is 28.9 Å². The predicted molar refractivity (Wildman–Crippen MR) is 88.9 cm³/mol. The zero-order valence-electron chi connectivity index (χ0n) is 11.8. The fourth-order valence-electron chi connectivity index (χ4n) is 1.98. The van der Waals surface area contributed by atoms with E-state index in [-0.39, 0.29) is 0 Å². The lowest BCUT2D eigenvalue weighted by Crippen LogP contribution is -2.00. The zero-order valence-corrected chi connectivity index (χ0v) is 14.2. The molecule has 0 spiro atoms. The third kappa shape index (κ3) is 3.10. The average molecular weight is 356 g/mol. The SMILES string of the molecule is CCOc1cc(N)c(-c2sc(C)cc2Br)cc1OCC. The second-order valence-corrected chi connectivity index (χ2v) is 6.40. The van der Waals surface area contributed by atoms with E-state index in [4.69, 9.17) is 15.2 Å². The van der Waals surface area contributed by atoms with Crippen molar-refractivity contribution in [2.24, 2.45) is 0 Å². The van der Waals surface area contributed by atoms with Crippen LogP contribution < -0.4 is 15.2 Å². The highest BCUT2D eigenvalue weighted by atomic mass is 79.9. The van der Waals surface area contributed by atoms with Crippen LogP contribution in [0.5, 0.6) is 11.5 Å². The molecule has 2 N–H and O–H groups in total. The van der Waals surface area contributed by atoms with Crippen molar-refractivity contribution in [2.45, 2.75) is 20.8 Å². The van der Waals surface area contributed by atoms with Gasteiger partial charge in [0.05, 0.1) is 18.1 Å². The summed E-state index contributed by atoms with van der Waals surface area (Å²) >= 11 is 5.29. The standard InChI is InChI=1S/C15H18BrNO2S/c1-4-18-13-7-10(12(17)8-14(13)19-5-2)15-11(16)6-9(3)20-15/h6-8H,4-5,17H2,1-3H3. The lowest BCUT2D eigenvalue weighted by molar-refractivity contribution is 0.288. The van der Waals surface area contributed by atoms with E-state index in [1.165, 1.54) is 4.88 Å². The Bertz CT molecular complexity index is 610. The number of aryl methyl sites for hydroxylation is 1. The summed E-state index contributed by atoms with van der Waals surface area (Å²) in [5, 5.41) is 0. The zero-order chi connectivity index (χ0) is 14.7. The summed E-state index contributed by atoms with van der Waals surface area (Å²) in [5.41, 5.74) is 7.85. The maximum absolute atomic E-state index is 6.18. The number of halogens is 1. The first kappa shape index (κ1) is 15.2. The van der Waals surface area contributed by atoms with Crippen molar-refractivity contribution in [1.82, 2.24) is 0 Å². The van der Waals surface area contributed by atoms with Gasteiger partial charge in [-0.25, -0.2) is 0 Å². The number of hydrogen-bond acceptors (Lipinski definition) is 4. The summed E-state index contributed by atoms with van der Waals surface area (Å²) in [6.45, 7) is 7.15. The first-order valence-corrected chi connectivity index (χ1v) is 8.13. The number of ether oxygens (including phenoxy) is 2. The van der Waals surface area contributed by atoms with Crippen LogP contribution in [0.2, 0.25) is 0 Å². The summed E-state index contributed by atoms with van der Waals surface area (Å²) in [6.07, 6.45) is 0. The second kappa shape index (κ2) is 6.50. The molecule has 5 heteroatoms. The van der Waals surface area contributed by atoms with Gasteiger partial charge in [0.25, 0.3) is 0 Å². The number of nitrogens with two attached hydrogens (primary N) is 1. The van der Waals surface area contributed by atoms with Crippen LogP contribution in [0.1, 0.15) is 18.7 Å². The molecule has 0 fully saturated rings. The Labute approximate surface area is 131 Å². The summed E-state index contributed by atoms with van der Waals surface area (Å²) in [5.74, 6) is 1.43. The molecular weight excluding hydrogens is 338 g/mol. The maximum atomic E-state index is 6.18. The van der Waals surface area contributed by atoms with Gasteiger partial charge >= 0.3 is 0 Å². The number of rotatable bonds is 5. The highest BCUT2D eigenvalue weighted by Crippen LogP contribution is 2.43. The van der Waals surface area contributed by atoms with Gasteiger partial charge in [-0.05, 0) is 48.8 Å². The Morgan fingerprint density at radius 3 is 2.20 bits per heavy atom. The fraction of sp³-hybridized carbons (Fsp3) is 0.333. The molecule has 0 saturated carbocycles. The van der Waals surface area contributed by atoms with Crippen LogP contribution in [0.4, 0.5) is 5.69 Å². The van der Waals surface area contributed by atoms with Gasteiger partial charge in [0.1, 0.15) is 0 Å². The molecule has 20 heavy (non-hydrogen) atoms. The molecule has 2 rings (SSSR count). The van der Waals surface area contributed by atoms with Crippen LogP contribution in [-0.2, 0) is 0 Å². The lowest BCUT2D eigenvalue weighted by atomic mass is 10.1. The number of anilines is 1. The monoisotopic (exact) mass is 355 g/mol. The van der Waals surface area contributed by atoms with Crippen molar-refractivity contribution < 1.29 is 9.47 Å². The Hall–Kier alpha value is -1.20. The van der Waals surface area contributed by atoms with Gasteiger partial charge in [-0.3, -0.25) is 0 Å². The first-order valence-electron chi connectivity index (χ1n) is 6.52. The third-order valence-electron chi connectivity index (χ3n) is 2.77. The average Bonchev–Trinajstić information content (AvgIpc) is 2.72. The van der Waals surface area contributed by atoms with E-state index >= 15 is 0 Å². The van der Waals surface area contributed by atoms with E-state index in [0.29, 0.717) is 24.7 Å². The molecule has 0 saturated heterocycles. The molecule has 0 amide bonds. The summed E-state index contributed by atoms with van der Waals surface area (Å²) in [7, 11) is 0. The van der Waals surface area contributed by atoms with Crippen LogP contribution in [0.15, 0.2) is 22.7 Å². The van der Waals surface area contributed by atoms with Crippen molar-refractivity contribution in [3.05, 3.63) is 27.5 Å². The van der Waals surface area contributed by atoms with Crippen molar-refractivity contribution in [3.8, 4) is 21.9 Å². The van der Waals surface area contributed by atoms with Gasteiger partial charge in [0.2, 0.25) is 0 Å². The highest BCUT2D eigenvalue weighted by Gasteiger charge is 2.15. The molecule has 1 aromatic carbocycles. The molecule has 2 aromatic rings. The topological polar surface area (TPSA) is 44.5 Å². The molecule has 0 atom stereocenters. The lowest BCUT2D eigenvalue weighted by Gasteiger charge is -2.14. The van der Waals surface area contributed by atoms with E-state index in [1.54, 1.807) is 11.3 Å². The number of thiophene rings is 1. The Morgan fingerprint density at radius 1 is 1.10 bits per heavy atom. The highest BCUT2D eigenvalue weighted by molar-refractivity contribution is 9.10. The van der Waals surface area contributed by atoms with Gasteiger partial charge in [-0.2, -0.15) is 0 Å². The largest absolute Gasteiger partial charge is 0.490 e. The van der Waals surface area contributed by atoms with Crippen molar-refractivity contribution in [1.29, 1.82) is 0 Å². The Morgan fingerprint density at radius 2 is 1.70 bits per heavy atom. The molecule has 0 bridgehead atoms. The quantitative estimate of drug-likeness (QED) is 0.778. The minimum Gasteiger partial charge on any atom is -0.490 e. The Balaban J connectivity index is 2.53. The number of benzene rings is 1. The number of nitrogen functional groups attached to an aromatic ring is 1. The summed E-state index contributed by atoms with van der Waals surface area (Å²) < 4.78 is 12.3. The van der Waals surface area contributed by atoms with Crippen molar-refractivity contribution in [3.63, 3.8) is 0 Å². The van der Waals surface area contributed by atoms with Crippen molar-refractivity contribution in [2.75, 3.05) is 18.9 Å². The molecule has 0 aliphatic carbocycles. The van der Waals surface area contributed by atoms with Gasteiger partial charge in [-0.1, -0.05) is 0 Å². The van der Waals surface area contributed by atoms with Crippen LogP contribution in [-0.4, -0.2) is 13.2 Å². The van der Waals surface area contributed by atoms with Crippen LogP contribution in [0, 0.1) is 6.92 Å². The van der Waals surface area contributed by atoms with E-state index in [0.717, 1.165) is 20.7 Å². The van der Waals surface area contributed by atoms with Gasteiger partial charge in [0.15, 0.2) is 11.5 Å². The normalized spacial score (nSPS) is 10.6. The number of hydrogen-bond donors (Lipinski definition) is 1. The smallest absolute Gasteiger partial charge is 0.163 e. The molecule has 108 valence electrons. The van der Waals surface area contributed by atoms with Gasteiger partial charge in [-0.15, -0.1) is 11.3 Å². The first-order chi connectivity index (χ1) is 9.56. The fourth-order valence-corrected chi connectivity index (χ4v) is 3.87. The third-order valence-corrected chi connectivity index (χ3v) is 4.74. The molecule has 1 heterocycles. The molecule has 1 aromatic heterocycles. The van der Waals surface area contributed by atoms with E-state index in [1.807, 2.05) is 26.0 Å². The summed E-state index contributed by atoms with van der Waals surface area (Å²) in [4.78, 5) is 2.35. The van der Waals surface area contributed by atoms with Crippen LogP contribution in [0.25, 0.3) is 10.4 Å². The van der Waals surface area contributed by atoms with Gasteiger partial charge < -0.3 is 15.2 Å². The molecular formula is C15H18BrNO2S. The Kier molecular flexibility index (Phi) is 4.94. The molecule has 0 aliphatic rings. The molecule has 0 aliphatic heterocycles. The van der Waals surface area contributed by atoms with Crippen LogP contribution in [0.3, 0.4) is 0 Å². The predicted octanol–water partition coefficient (Wildman–Crippen LogP) is 4.87. The molecule has 0 unspecified atom stereocenters. The van der Waals surface area contributed by atoms with E-state index in [9.17, 15) is 0 Å². The molecule has 3 nitrogen and oxygen atoms in total. The van der Waals surface area contributed by atoms with Gasteiger partial charge in [0, 0.05) is 26.7 Å². The maximum Gasteiger partial charge on any atom is 0.163 e.